The quantitative estimate of drug-likeness (QED) is 0.520. The van der Waals surface area contributed by atoms with Crippen LogP contribution in [-0.2, 0) is 0 Å². The largest absolute Gasteiger partial charge is 0.457 e. The summed E-state index contributed by atoms with van der Waals surface area (Å²) >= 11 is 8.55. The molecule has 0 aromatic heterocycles. The molecule has 0 N–H and O–H groups in total. The molecule has 9 heteroatoms. The van der Waals surface area contributed by atoms with Gasteiger partial charge in [0.15, 0.2) is 0 Å². The Labute approximate surface area is 83.3 Å². The second-order valence-corrected chi connectivity index (χ2v) is 2.99. The summed E-state index contributed by atoms with van der Waals surface area (Å²) in [6.07, 6.45) is -7.13. The highest BCUT2D eigenvalue weighted by Crippen LogP contribution is 2.41. The lowest BCUT2D eigenvalue weighted by Gasteiger charge is -2.17. The van der Waals surface area contributed by atoms with Gasteiger partial charge >= 0.3 is 17.5 Å². The zero-order chi connectivity index (χ0) is 11.8. The summed E-state index contributed by atoms with van der Waals surface area (Å²) < 4.78 is 82.2. The molecule has 0 aliphatic rings. The topological polar surface area (TPSA) is 0 Å². The van der Waals surface area contributed by atoms with Crippen LogP contribution in [0.15, 0.2) is 11.1 Å². The molecule has 0 aromatic rings. The predicted molar refractivity (Wildman–Crippen MR) is 35.7 cm³/mol. The molecular weight excluding hydrogens is 264 g/mol. The molecule has 0 spiro atoms. The van der Waals surface area contributed by atoms with Crippen LogP contribution in [0.1, 0.15) is 0 Å². The van der Waals surface area contributed by atoms with Crippen LogP contribution in [0.4, 0.5) is 30.7 Å². The Morgan fingerprint density at radius 3 is 1.50 bits per heavy atom. The summed E-state index contributed by atoms with van der Waals surface area (Å²) in [6, 6.07) is 0. The summed E-state index contributed by atoms with van der Waals surface area (Å²) in [6.45, 7) is 0. The van der Waals surface area contributed by atoms with Gasteiger partial charge < -0.3 is 0 Å². The number of hydrogen-bond donors (Lipinski definition) is 0. The monoisotopic (exact) mass is 264 g/mol. The fourth-order valence-corrected chi connectivity index (χ4v) is 0.514. The van der Waals surface area contributed by atoms with Gasteiger partial charge in [-0.25, -0.2) is 0 Å². The van der Waals surface area contributed by atoms with Crippen molar-refractivity contribution in [1.29, 1.82) is 0 Å². The van der Waals surface area contributed by atoms with Gasteiger partial charge in [-0.3, -0.25) is 0 Å². The lowest BCUT2D eigenvalue weighted by atomic mass is 10.3. The van der Waals surface area contributed by atoms with E-state index in [2.05, 4.69) is 23.2 Å². The fraction of sp³-hybridized carbons (Fsp3) is 0.600. The Kier molecular flexibility index (Phi) is 3.72. The molecule has 14 heavy (non-hydrogen) atoms. The van der Waals surface area contributed by atoms with E-state index in [-0.39, 0.29) is 0 Å². The van der Waals surface area contributed by atoms with Crippen molar-refractivity contribution in [3.8, 4) is 0 Å². The van der Waals surface area contributed by atoms with Gasteiger partial charge in [0.25, 0.3) is 0 Å². The molecule has 0 radical (unpaired) electrons. The zero-order valence-corrected chi connectivity index (χ0v) is 7.49. The van der Waals surface area contributed by atoms with Crippen LogP contribution in [0.2, 0.25) is 0 Å². The maximum Gasteiger partial charge on any atom is 0.457 e. The van der Waals surface area contributed by atoms with Crippen molar-refractivity contribution in [3.63, 3.8) is 0 Å². The van der Waals surface area contributed by atoms with Crippen molar-refractivity contribution in [3.05, 3.63) is 11.1 Å². The first-order chi connectivity index (χ1) is 5.88. The van der Waals surface area contributed by atoms with Crippen molar-refractivity contribution < 1.29 is 30.7 Å². The number of halogens is 9. The molecule has 0 saturated carbocycles. The number of alkyl halides is 8. The fourth-order valence-electron chi connectivity index (χ4n) is 0.323. The standard InChI is InChI=1S/C5HCl2F7/c6-2(4(7,10)11)1-3(8,9)5(12,13)14/h1H/b2-1+. The predicted octanol–water partition coefficient (Wildman–Crippen LogP) is 4.14. The molecule has 0 aliphatic carbocycles. The Hall–Kier alpha value is -0.170. The average molecular weight is 265 g/mol. The molecule has 0 fully saturated rings. The van der Waals surface area contributed by atoms with Crippen LogP contribution < -0.4 is 0 Å². The van der Waals surface area contributed by atoms with E-state index in [1.54, 1.807) is 0 Å². The third-order valence-corrected chi connectivity index (χ3v) is 1.60. The molecule has 0 heterocycles. The van der Waals surface area contributed by atoms with Crippen molar-refractivity contribution in [2.75, 3.05) is 0 Å². The van der Waals surface area contributed by atoms with E-state index in [1.807, 2.05) is 0 Å². The molecule has 0 atom stereocenters. The molecule has 0 rings (SSSR count). The highest BCUT2D eigenvalue weighted by molar-refractivity contribution is 6.38. The smallest absolute Gasteiger partial charge is 0.191 e. The van der Waals surface area contributed by atoms with E-state index >= 15 is 0 Å². The highest BCUT2D eigenvalue weighted by atomic mass is 35.5. The van der Waals surface area contributed by atoms with Gasteiger partial charge in [-0.15, -0.1) is 0 Å². The maximum atomic E-state index is 12.0. The molecule has 0 amide bonds. The molecule has 0 aromatic carbocycles. The molecule has 0 nitrogen and oxygen atoms in total. The molecular formula is C5HCl2F7. The highest BCUT2D eigenvalue weighted by Gasteiger charge is 2.57. The van der Waals surface area contributed by atoms with Crippen molar-refractivity contribution in [2.24, 2.45) is 0 Å². The minimum absolute atomic E-state index is 1.14. The van der Waals surface area contributed by atoms with E-state index < -0.39 is 28.6 Å². The first kappa shape index (κ1) is 13.8. The summed E-state index contributed by atoms with van der Waals surface area (Å²) in [4.78, 5) is 0. The lowest BCUT2D eigenvalue weighted by molar-refractivity contribution is -0.259. The van der Waals surface area contributed by atoms with E-state index in [0.29, 0.717) is 0 Å². The minimum atomic E-state index is -5.99. The van der Waals surface area contributed by atoms with Gasteiger partial charge in [-0.2, -0.15) is 30.7 Å². The van der Waals surface area contributed by atoms with Gasteiger partial charge in [0.05, 0.1) is 0 Å². The lowest BCUT2D eigenvalue weighted by Crippen LogP contribution is -2.35. The van der Waals surface area contributed by atoms with E-state index in [4.69, 9.17) is 0 Å². The SMILES string of the molecule is FC(F)(Cl)/C(Cl)=C\C(F)(F)C(F)(F)F. The number of hydrogen-bond acceptors (Lipinski definition) is 0. The second kappa shape index (κ2) is 3.77. The van der Waals surface area contributed by atoms with Crippen molar-refractivity contribution in [1.82, 2.24) is 0 Å². The van der Waals surface area contributed by atoms with E-state index in [0.717, 1.165) is 0 Å². The molecule has 84 valence electrons. The Balaban J connectivity index is 5.00. The second-order valence-electron chi connectivity index (χ2n) is 2.11. The molecule has 0 unspecified atom stereocenters. The van der Waals surface area contributed by atoms with E-state index in [1.165, 1.54) is 0 Å². The third kappa shape index (κ3) is 3.53. The maximum absolute atomic E-state index is 12.0. The first-order valence-corrected chi connectivity index (χ1v) is 3.53. The van der Waals surface area contributed by atoms with Crippen LogP contribution >= 0.6 is 23.2 Å². The number of allylic oxidation sites excluding steroid dienone is 2. The summed E-state index contributed by atoms with van der Waals surface area (Å²) in [5.74, 6) is -5.44. The third-order valence-electron chi connectivity index (χ3n) is 0.957. The van der Waals surface area contributed by atoms with Gasteiger partial charge in [-0.1, -0.05) is 11.6 Å². The summed E-state index contributed by atoms with van der Waals surface area (Å²) in [5.41, 5.74) is 0. The van der Waals surface area contributed by atoms with Gasteiger partial charge in [-0.05, 0) is 11.6 Å². The van der Waals surface area contributed by atoms with Gasteiger partial charge in [0.2, 0.25) is 0 Å². The van der Waals surface area contributed by atoms with Crippen LogP contribution in [-0.4, -0.2) is 17.5 Å². The van der Waals surface area contributed by atoms with Gasteiger partial charge in [0.1, 0.15) is 5.03 Å². The zero-order valence-electron chi connectivity index (χ0n) is 5.98. The van der Waals surface area contributed by atoms with Crippen LogP contribution in [0.25, 0.3) is 0 Å². The van der Waals surface area contributed by atoms with Crippen LogP contribution in [0.5, 0.6) is 0 Å². The Bertz CT molecular complexity index is 235. The van der Waals surface area contributed by atoms with Crippen LogP contribution in [0.3, 0.4) is 0 Å². The summed E-state index contributed by atoms with van der Waals surface area (Å²) in [7, 11) is 0. The summed E-state index contributed by atoms with van der Waals surface area (Å²) in [5, 5.41) is -6.53. The molecule has 0 saturated heterocycles. The minimum Gasteiger partial charge on any atom is -0.191 e. The first-order valence-electron chi connectivity index (χ1n) is 2.78. The Morgan fingerprint density at radius 1 is 0.929 bits per heavy atom. The van der Waals surface area contributed by atoms with Crippen LogP contribution in [0, 0.1) is 0 Å². The average Bonchev–Trinajstić information content (AvgIpc) is 1.80. The van der Waals surface area contributed by atoms with Crippen molar-refractivity contribution >= 4 is 23.2 Å². The molecule has 0 aliphatic heterocycles. The Morgan fingerprint density at radius 2 is 1.29 bits per heavy atom. The van der Waals surface area contributed by atoms with Crippen molar-refractivity contribution in [2.45, 2.75) is 17.5 Å². The normalized spacial score (nSPS) is 15.9. The van der Waals surface area contributed by atoms with Gasteiger partial charge in [0, 0.05) is 6.08 Å². The number of rotatable bonds is 2. The molecule has 0 bridgehead atoms. The van der Waals surface area contributed by atoms with E-state index in [9.17, 15) is 30.7 Å².